The summed E-state index contributed by atoms with van der Waals surface area (Å²) in [5, 5.41) is 10.0. The second-order valence-corrected chi connectivity index (χ2v) is 15.9. The van der Waals surface area contributed by atoms with Crippen molar-refractivity contribution in [2.24, 2.45) is 0 Å². The molecule has 1 aliphatic rings. The Bertz CT molecular complexity index is 3230. The van der Waals surface area contributed by atoms with Gasteiger partial charge in [0.05, 0.1) is 17.0 Å². The van der Waals surface area contributed by atoms with E-state index in [-0.39, 0.29) is 0 Å². The van der Waals surface area contributed by atoms with Crippen molar-refractivity contribution < 1.29 is 0 Å². The van der Waals surface area contributed by atoms with Gasteiger partial charge >= 0.3 is 0 Å². The van der Waals surface area contributed by atoms with Gasteiger partial charge < -0.3 is 0 Å². The van der Waals surface area contributed by atoms with Crippen LogP contribution in [0.15, 0.2) is 231 Å². The molecule has 0 saturated heterocycles. The lowest BCUT2D eigenvalue weighted by Crippen LogP contribution is -2.28. The highest BCUT2D eigenvalue weighted by atomic mass is 15.0. The highest BCUT2D eigenvalue weighted by Gasteiger charge is 2.46. The van der Waals surface area contributed by atoms with E-state index in [1.807, 2.05) is 54.6 Å². The van der Waals surface area contributed by atoms with Gasteiger partial charge in [-0.25, -0.2) is 15.0 Å². The number of fused-ring (bicyclic) bond motifs is 3. The first-order chi connectivity index (χ1) is 31.2. The number of aromatic nitrogens is 3. The maximum absolute atomic E-state index is 10.0. The van der Waals surface area contributed by atoms with Crippen LogP contribution in [0, 0.1) is 11.3 Å². The maximum Gasteiger partial charge on any atom is 0.164 e. The van der Waals surface area contributed by atoms with E-state index < -0.39 is 5.41 Å². The number of hydrogen-bond acceptors (Lipinski definition) is 4. The van der Waals surface area contributed by atoms with Gasteiger partial charge in [-0.15, -0.1) is 0 Å². The molecule has 0 atom stereocenters. The zero-order chi connectivity index (χ0) is 42.2. The molecule has 0 bridgehead atoms. The molecule has 0 N–H and O–H groups in total. The molecule has 0 saturated carbocycles. The first kappa shape index (κ1) is 37.5. The highest BCUT2D eigenvalue weighted by Crippen LogP contribution is 2.57. The first-order valence-electron chi connectivity index (χ1n) is 21.1. The van der Waals surface area contributed by atoms with Crippen molar-refractivity contribution in [3.8, 4) is 84.7 Å². The van der Waals surface area contributed by atoms with E-state index in [9.17, 15) is 5.26 Å². The third-order valence-corrected chi connectivity index (χ3v) is 12.2. The summed E-state index contributed by atoms with van der Waals surface area (Å²) in [5.74, 6) is 1.80. The lowest BCUT2D eigenvalue weighted by atomic mass is 9.67. The minimum Gasteiger partial charge on any atom is -0.208 e. The Morgan fingerprint density at radius 1 is 0.302 bits per heavy atom. The smallest absolute Gasteiger partial charge is 0.164 e. The standard InChI is InChI=1S/C59H38N4/c60-39-40-29-32-54-53(33-40)52-31-30-45(38-55(52)59(54,50-25-12-4-13-26-50)51-27-14-5-15-28-51)44-23-16-24-46(34-44)57-61-56(43-21-10-3-11-22-43)62-58(63-57)49-36-47(41-17-6-1-7-18-41)35-48(37-49)42-19-8-2-9-20-42/h1-38H. The average Bonchev–Trinajstić information content (AvgIpc) is 3.67. The molecule has 1 aliphatic carbocycles. The minimum atomic E-state index is -0.602. The summed E-state index contributed by atoms with van der Waals surface area (Å²) in [6.07, 6.45) is 0. The van der Waals surface area contributed by atoms with Crippen LogP contribution in [0.2, 0.25) is 0 Å². The van der Waals surface area contributed by atoms with Crippen molar-refractivity contribution in [2.45, 2.75) is 5.41 Å². The summed E-state index contributed by atoms with van der Waals surface area (Å²) in [4.78, 5) is 15.6. The second kappa shape index (κ2) is 15.8. The quantitative estimate of drug-likeness (QED) is 0.153. The molecule has 0 amide bonds. The number of nitriles is 1. The zero-order valence-corrected chi connectivity index (χ0v) is 34.2. The van der Waals surface area contributed by atoms with Gasteiger partial charge in [-0.1, -0.05) is 188 Å². The third-order valence-electron chi connectivity index (χ3n) is 12.2. The van der Waals surface area contributed by atoms with E-state index >= 15 is 0 Å². The third kappa shape index (κ3) is 6.70. The largest absolute Gasteiger partial charge is 0.208 e. The fraction of sp³-hybridized carbons (Fsp3) is 0.0169. The van der Waals surface area contributed by atoms with Crippen LogP contribution in [-0.4, -0.2) is 15.0 Å². The van der Waals surface area contributed by atoms with Gasteiger partial charge in [-0.05, 0) is 109 Å². The molecule has 1 heterocycles. The zero-order valence-electron chi connectivity index (χ0n) is 34.2. The molecule has 0 unspecified atom stereocenters. The Morgan fingerprint density at radius 3 is 1.32 bits per heavy atom. The summed E-state index contributed by atoms with van der Waals surface area (Å²) in [6.45, 7) is 0. The number of rotatable bonds is 8. The fourth-order valence-electron chi connectivity index (χ4n) is 9.28. The molecule has 0 spiro atoms. The van der Waals surface area contributed by atoms with Crippen molar-refractivity contribution in [1.29, 1.82) is 5.26 Å². The Kier molecular flexibility index (Phi) is 9.41. The SMILES string of the molecule is N#Cc1ccc2c(c1)-c1ccc(-c3cccc(-c4nc(-c5ccccc5)nc(-c5cc(-c6ccccc6)cc(-c6ccccc6)c5)n4)c3)cc1C2(c1ccccc1)c1ccccc1. The lowest BCUT2D eigenvalue weighted by Gasteiger charge is -2.34. The van der Waals surface area contributed by atoms with E-state index in [0.29, 0.717) is 23.0 Å². The van der Waals surface area contributed by atoms with Crippen LogP contribution >= 0.6 is 0 Å². The van der Waals surface area contributed by atoms with Gasteiger partial charge in [0.2, 0.25) is 0 Å². The molecule has 10 aromatic rings. The Hall–Kier alpha value is -8.52. The van der Waals surface area contributed by atoms with Gasteiger partial charge in [0, 0.05) is 16.7 Å². The second-order valence-electron chi connectivity index (χ2n) is 15.9. The molecule has 4 nitrogen and oxygen atoms in total. The first-order valence-corrected chi connectivity index (χ1v) is 21.1. The molecule has 294 valence electrons. The van der Waals surface area contributed by atoms with E-state index in [1.165, 1.54) is 16.7 Å². The number of hydrogen-bond donors (Lipinski definition) is 0. The van der Waals surface area contributed by atoms with Crippen molar-refractivity contribution in [2.75, 3.05) is 0 Å². The minimum absolute atomic E-state index is 0.590. The van der Waals surface area contributed by atoms with Gasteiger partial charge in [0.1, 0.15) is 0 Å². The van der Waals surface area contributed by atoms with Gasteiger partial charge in [-0.3, -0.25) is 0 Å². The Morgan fingerprint density at radius 2 is 0.746 bits per heavy atom. The van der Waals surface area contributed by atoms with Crippen LogP contribution in [0.3, 0.4) is 0 Å². The number of nitrogens with zero attached hydrogens (tertiary/aromatic N) is 4. The average molecular weight is 803 g/mol. The predicted molar refractivity (Wildman–Crippen MR) is 254 cm³/mol. The van der Waals surface area contributed by atoms with Crippen LogP contribution in [-0.2, 0) is 5.41 Å². The predicted octanol–water partition coefficient (Wildman–Crippen LogP) is 14.1. The van der Waals surface area contributed by atoms with Crippen LogP contribution in [0.1, 0.15) is 27.8 Å². The van der Waals surface area contributed by atoms with E-state index in [0.717, 1.165) is 66.8 Å². The molecule has 11 rings (SSSR count). The molecule has 0 fully saturated rings. The number of benzene rings is 9. The molecule has 1 aromatic heterocycles. The van der Waals surface area contributed by atoms with Gasteiger partial charge in [0.15, 0.2) is 17.5 Å². The summed E-state index contributed by atoms with van der Waals surface area (Å²) in [5.41, 5.74) is 16.1. The van der Waals surface area contributed by atoms with Crippen molar-refractivity contribution >= 4 is 0 Å². The van der Waals surface area contributed by atoms with E-state index in [4.69, 9.17) is 15.0 Å². The van der Waals surface area contributed by atoms with E-state index in [2.05, 4.69) is 182 Å². The molecule has 4 heteroatoms. The van der Waals surface area contributed by atoms with Crippen molar-refractivity contribution in [3.63, 3.8) is 0 Å². The monoisotopic (exact) mass is 802 g/mol. The van der Waals surface area contributed by atoms with Crippen molar-refractivity contribution in [3.05, 3.63) is 258 Å². The topological polar surface area (TPSA) is 62.5 Å². The van der Waals surface area contributed by atoms with Crippen LogP contribution in [0.25, 0.3) is 78.7 Å². The Labute approximate surface area is 367 Å². The maximum atomic E-state index is 10.0. The summed E-state index contributed by atoms with van der Waals surface area (Å²) < 4.78 is 0. The normalized spacial score (nSPS) is 12.2. The van der Waals surface area contributed by atoms with Crippen LogP contribution < -0.4 is 0 Å². The molecular weight excluding hydrogens is 765 g/mol. The molecular formula is C59H38N4. The summed E-state index contributed by atoms with van der Waals surface area (Å²) in [6, 6.07) is 82.9. The summed E-state index contributed by atoms with van der Waals surface area (Å²) in [7, 11) is 0. The van der Waals surface area contributed by atoms with Gasteiger partial charge in [-0.2, -0.15) is 5.26 Å². The van der Waals surface area contributed by atoms with Crippen molar-refractivity contribution in [1.82, 2.24) is 15.0 Å². The van der Waals surface area contributed by atoms with Gasteiger partial charge in [0.25, 0.3) is 0 Å². The fourth-order valence-corrected chi connectivity index (χ4v) is 9.28. The Balaban J connectivity index is 1.08. The van der Waals surface area contributed by atoms with Crippen LogP contribution in [0.5, 0.6) is 0 Å². The summed E-state index contributed by atoms with van der Waals surface area (Å²) >= 11 is 0. The molecule has 0 radical (unpaired) electrons. The molecule has 63 heavy (non-hydrogen) atoms. The highest BCUT2D eigenvalue weighted by molar-refractivity contribution is 5.89. The van der Waals surface area contributed by atoms with E-state index in [1.54, 1.807) is 0 Å². The lowest BCUT2D eigenvalue weighted by molar-refractivity contribution is 0.768. The van der Waals surface area contributed by atoms with Crippen LogP contribution in [0.4, 0.5) is 0 Å². The molecule has 0 aliphatic heterocycles. The molecule has 9 aromatic carbocycles.